The molecule has 0 spiro atoms. The molecule has 2 aliphatic rings. The quantitative estimate of drug-likeness (QED) is 0.761. The largest absolute Gasteiger partial charge is 0.368 e. The van der Waals surface area contributed by atoms with Gasteiger partial charge in [0.1, 0.15) is 0 Å². The number of anilines is 1. The third kappa shape index (κ3) is 4.28. The van der Waals surface area contributed by atoms with E-state index in [2.05, 4.69) is 9.88 Å². The molecule has 0 aliphatic carbocycles. The first-order valence-electron chi connectivity index (χ1n) is 10.2. The van der Waals surface area contributed by atoms with E-state index in [1.165, 1.54) is 10.4 Å². The van der Waals surface area contributed by atoms with Crippen molar-refractivity contribution in [1.29, 1.82) is 0 Å². The summed E-state index contributed by atoms with van der Waals surface area (Å²) in [5.74, 6) is -0.110. The van der Waals surface area contributed by atoms with Gasteiger partial charge >= 0.3 is 0 Å². The van der Waals surface area contributed by atoms with Crippen molar-refractivity contribution in [1.82, 2.24) is 9.21 Å². The van der Waals surface area contributed by atoms with Crippen LogP contribution in [0.1, 0.15) is 29.6 Å². The first kappa shape index (κ1) is 19.8. The summed E-state index contributed by atoms with van der Waals surface area (Å²) in [5, 5.41) is 0. The molecule has 0 atom stereocenters. The van der Waals surface area contributed by atoms with Gasteiger partial charge in [0.15, 0.2) is 12.4 Å². The van der Waals surface area contributed by atoms with E-state index in [1.54, 1.807) is 23.1 Å². The molecular weight excluding hydrogens is 388 g/mol. The third-order valence-corrected chi connectivity index (χ3v) is 7.56. The van der Waals surface area contributed by atoms with Crippen molar-refractivity contribution in [3.8, 4) is 0 Å². The van der Waals surface area contributed by atoms with Gasteiger partial charge in [-0.15, -0.1) is 0 Å². The number of hydrogen-bond donors (Lipinski definition) is 0. The molecule has 2 aromatic rings. The molecule has 2 aliphatic heterocycles. The normalized spacial score (nSPS) is 18.6. The van der Waals surface area contributed by atoms with Crippen LogP contribution in [0.25, 0.3) is 0 Å². The van der Waals surface area contributed by atoms with Gasteiger partial charge < -0.3 is 9.80 Å². The van der Waals surface area contributed by atoms with E-state index in [0.717, 1.165) is 38.0 Å². The molecule has 1 amide bonds. The molecule has 2 saturated heterocycles. The number of H-pyrrole nitrogens is 1. The van der Waals surface area contributed by atoms with Gasteiger partial charge in [-0.1, -0.05) is 12.5 Å². The molecule has 7 nitrogen and oxygen atoms in total. The minimum atomic E-state index is -3.54. The van der Waals surface area contributed by atoms with Gasteiger partial charge in [-0.3, -0.25) is 4.79 Å². The van der Waals surface area contributed by atoms with Gasteiger partial charge in [0.05, 0.1) is 4.90 Å². The highest BCUT2D eigenvalue weighted by atomic mass is 32.2. The maximum atomic E-state index is 13.0. The number of aromatic nitrogens is 1. The fourth-order valence-electron chi connectivity index (χ4n) is 3.98. The van der Waals surface area contributed by atoms with E-state index in [4.69, 9.17) is 0 Å². The zero-order chi connectivity index (χ0) is 20.3. The molecule has 4 rings (SSSR count). The SMILES string of the molecule is O=C(c1cccc(S(=O)(=O)N2CCCCC2)c1)N1CCN(c2cc[nH+]cc2)CC1. The summed E-state index contributed by atoms with van der Waals surface area (Å²) in [6.07, 6.45) is 6.63. The Morgan fingerprint density at radius 1 is 0.862 bits per heavy atom. The number of benzene rings is 1. The number of piperidine rings is 1. The number of piperazine rings is 1. The number of aromatic amines is 1. The van der Waals surface area contributed by atoms with Crippen molar-refractivity contribution in [3.05, 3.63) is 54.4 Å². The smallest absolute Gasteiger partial charge is 0.254 e. The molecule has 29 heavy (non-hydrogen) atoms. The third-order valence-electron chi connectivity index (χ3n) is 5.67. The highest BCUT2D eigenvalue weighted by molar-refractivity contribution is 7.89. The molecule has 0 saturated carbocycles. The highest BCUT2D eigenvalue weighted by Gasteiger charge is 2.28. The van der Waals surface area contributed by atoms with Crippen molar-refractivity contribution in [3.63, 3.8) is 0 Å². The minimum Gasteiger partial charge on any atom is -0.368 e. The Morgan fingerprint density at radius 3 is 2.24 bits per heavy atom. The molecule has 154 valence electrons. The Morgan fingerprint density at radius 2 is 1.55 bits per heavy atom. The van der Waals surface area contributed by atoms with Crippen molar-refractivity contribution in [2.75, 3.05) is 44.2 Å². The lowest BCUT2D eigenvalue weighted by Crippen LogP contribution is -2.48. The number of hydrogen-bond acceptors (Lipinski definition) is 4. The summed E-state index contributed by atoms with van der Waals surface area (Å²) in [4.78, 5) is 20.3. The van der Waals surface area contributed by atoms with Crippen LogP contribution in [-0.2, 0) is 10.0 Å². The first-order chi connectivity index (χ1) is 14.1. The lowest BCUT2D eigenvalue weighted by atomic mass is 10.1. The van der Waals surface area contributed by atoms with Gasteiger partial charge in [-0.05, 0) is 31.0 Å². The Labute approximate surface area is 172 Å². The van der Waals surface area contributed by atoms with Crippen molar-refractivity contribution in [2.24, 2.45) is 0 Å². The first-order valence-corrected chi connectivity index (χ1v) is 11.6. The van der Waals surface area contributed by atoms with Gasteiger partial charge in [0, 0.05) is 62.7 Å². The maximum absolute atomic E-state index is 13.0. The zero-order valence-corrected chi connectivity index (χ0v) is 17.3. The Balaban J connectivity index is 1.45. The summed E-state index contributed by atoms with van der Waals surface area (Å²) in [6.45, 7) is 3.84. The van der Waals surface area contributed by atoms with Crippen LogP contribution in [0.3, 0.4) is 0 Å². The van der Waals surface area contributed by atoms with Gasteiger partial charge in [-0.2, -0.15) is 4.31 Å². The number of carbonyl (C=O) groups is 1. The molecule has 8 heteroatoms. The van der Waals surface area contributed by atoms with Crippen LogP contribution in [0.5, 0.6) is 0 Å². The molecule has 0 bridgehead atoms. The van der Waals surface area contributed by atoms with Crippen LogP contribution in [-0.4, -0.2) is 62.8 Å². The summed E-state index contributed by atoms with van der Waals surface area (Å²) in [7, 11) is -3.54. The zero-order valence-electron chi connectivity index (χ0n) is 16.5. The summed E-state index contributed by atoms with van der Waals surface area (Å²) >= 11 is 0. The fraction of sp³-hybridized carbons (Fsp3) is 0.429. The van der Waals surface area contributed by atoms with E-state index < -0.39 is 10.0 Å². The lowest BCUT2D eigenvalue weighted by molar-refractivity contribution is -0.377. The lowest BCUT2D eigenvalue weighted by Gasteiger charge is -2.36. The van der Waals surface area contributed by atoms with Crippen molar-refractivity contribution in [2.45, 2.75) is 24.2 Å². The second-order valence-corrected chi connectivity index (χ2v) is 9.47. The number of nitrogens with one attached hydrogen (secondary N) is 1. The van der Waals surface area contributed by atoms with Crippen molar-refractivity contribution >= 4 is 21.6 Å². The fourth-order valence-corrected chi connectivity index (χ4v) is 5.55. The monoisotopic (exact) mass is 415 g/mol. The van der Waals surface area contributed by atoms with E-state index in [0.29, 0.717) is 31.7 Å². The summed E-state index contributed by atoms with van der Waals surface area (Å²) in [6, 6.07) is 10.5. The molecule has 2 fully saturated rings. The Kier molecular flexibility index (Phi) is 5.82. The second-order valence-electron chi connectivity index (χ2n) is 7.53. The number of rotatable bonds is 4. The molecular formula is C21H27N4O3S+. The molecule has 1 aromatic heterocycles. The Hall–Kier alpha value is -2.45. The number of pyridine rings is 1. The maximum Gasteiger partial charge on any atom is 0.254 e. The standard InChI is InChI=1S/C21H26N4O3S/c26-21(24-15-13-23(14-16-24)19-7-9-22-10-8-19)18-5-4-6-20(17-18)29(27,28)25-11-2-1-3-12-25/h4-10,17H,1-3,11-16H2/p+1. The van der Waals surface area contributed by atoms with E-state index in [9.17, 15) is 13.2 Å². The molecule has 0 unspecified atom stereocenters. The van der Waals surface area contributed by atoms with E-state index in [-0.39, 0.29) is 10.8 Å². The van der Waals surface area contributed by atoms with Crippen LogP contribution < -0.4 is 9.88 Å². The molecule has 1 N–H and O–H groups in total. The van der Waals surface area contributed by atoms with Crippen LogP contribution in [0.4, 0.5) is 5.69 Å². The number of nitrogens with zero attached hydrogens (tertiary/aromatic N) is 3. The second kappa shape index (κ2) is 8.51. The van der Waals surface area contributed by atoms with Crippen LogP contribution in [0.2, 0.25) is 0 Å². The minimum absolute atomic E-state index is 0.110. The van der Waals surface area contributed by atoms with E-state index in [1.807, 2.05) is 24.5 Å². The van der Waals surface area contributed by atoms with Crippen molar-refractivity contribution < 1.29 is 18.2 Å². The van der Waals surface area contributed by atoms with Crippen LogP contribution >= 0.6 is 0 Å². The predicted octanol–water partition coefficient (Wildman–Crippen LogP) is 1.64. The van der Waals surface area contributed by atoms with Gasteiger partial charge in [-0.25, -0.2) is 13.4 Å². The average Bonchev–Trinajstić information content (AvgIpc) is 2.80. The Bertz CT molecular complexity index is 951. The van der Waals surface area contributed by atoms with E-state index >= 15 is 0 Å². The van der Waals surface area contributed by atoms with Gasteiger partial charge in [0.25, 0.3) is 5.91 Å². The predicted molar refractivity (Wildman–Crippen MR) is 110 cm³/mol. The van der Waals surface area contributed by atoms with Crippen LogP contribution in [0.15, 0.2) is 53.7 Å². The van der Waals surface area contributed by atoms with Crippen LogP contribution in [0, 0.1) is 0 Å². The number of carbonyl (C=O) groups excluding carboxylic acids is 1. The molecule has 1 aromatic carbocycles. The number of amides is 1. The number of sulfonamides is 1. The van der Waals surface area contributed by atoms with Gasteiger partial charge in [0.2, 0.25) is 10.0 Å². The molecule has 0 radical (unpaired) electrons. The highest BCUT2D eigenvalue weighted by Crippen LogP contribution is 2.22. The molecule has 3 heterocycles. The summed E-state index contributed by atoms with van der Waals surface area (Å²) < 4.78 is 27.4. The average molecular weight is 416 g/mol. The topological polar surface area (TPSA) is 75.1 Å². The summed E-state index contributed by atoms with van der Waals surface area (Å²) in [5.41, 5.74) is 1.57.